The molecule has 3 aromatic rings. The lowest BCUT2D eigenvalue weighted by Crippen LogP contribution is -2.11. The molecule has 0 aliphatic carbocycles. The molecule has 3 rings (SSSR count). The topological polar surface area (TPSA) is 72.1 Å². The van der Waals surface area contributed by atoms with Crippen LogP contribution in [0.15, 0.2) is 53.3 Å². The van der Waals surface area contributed by atoms with Crippen molar-refractivity contribution < 1.29 is 9.53 Å². The molecule has 0 aliphatic heterocycles. The summed E-state index contributed by atoms with van der Waals surface area (Å²) >= 11 is 6.28. The number of methoxy groups -OCH3 is 1. The number of aromatic amines is 1. The van der Waals surface area contributed by atoms with Gasteiger partial charge in [-0.05, 0) is 29.8 Å². The van der Waals surface area contributed by atoms with E-state index < -0.39 is 5.97 Å². The van der Waals surface area contributed by atoms with Crippen LogP contribution in [0.2, 0.25) is 0 Å². The third-order valence-electron chi connectivity index (χ3n) is 3.45. The second kappa shape index (κ2) is 6.68. The molecule has 0 saturated carbocycles. The molecule has 0 bridgehead atoms. The summed E-state index contributed by atoms with van der Waals surface area (Å²) in [7, 11) is 1.29. The molecule has 6 heteroatoms. The Hall–Kier alpha value is -2.92. The summed E-state index contributed by atoms with van der Waals surface area (Å²) in [6.07, 6.45) is 1.70. The monoisotopic (exact) mass is 340 g/mol. The van der Waals surface area contributed by atoms with Crippen molar-refractivity contribution in [3.63, 3.8) is 0 Å². The highest BCUT2D eigenvalue weighted by atomic mass is 35.5. The van der Waals surface area contributed by atoms with Crippen LogP contribution in [0.1, 0.15) is 21.7 Å². The number of carbonyl (C=O) groups is 1. The summed E-state index contributed by atoms with van der Waals surface area (Å²) < 4.78 is 4.68. The Labute approximate surface area is 142 Å². The van der Waals surface area contributed by atoms with Gasteiger partial charge in [0.1, 0.15) is 0 Å². The minimum absolute atomic E-state index is 0.236. The number of hydrogen-bond acceptors (Lipinski definition) is 4. The lowest BCUT2D eigenvalue weighted by atomic mass is 10.1. The van der Waals surface area contributed by atoms with E-state index in [1.165, 1.54) is 25.3 Å². The number of benzene rings is 2. The highest BCUT2D eigenvalue weighted by Crippen LogP contribution is 2.20. The zero-order valence-electron chi connectivity index (χ0n) is 12.7. The fourth-order valence-corrected chi connectivity index (χ4v) is 2.48. The largest absolute Gasteiger partial charge is 0.465 e. The lowest BCUT2D eigenvalue weighted by Gasteiger charge is -2.04. The maximum atomic E-state index is 12.2. The number of nitrogens with one attached hydrogen (secondary N) is 1. The van der Waals surface area contributed by atoms with Crippen LogP contribution in [0.5, 0.6) is 0 Å². The van der Waals surface area contributed by atoms with Crippen molar-refractivity contribution in [3.8, 4) is 0 Å². The first-order chi connectivity index (χ1) is 11.6. The molecule has 1 aromatic heterocycles. The summed E-state index contributed by atoms with van der Waals surface area (Å²) in [6, 6.07) is 14.0. The minimum Gasteiger partial charge on any atom is -0.465 e. The maximum absolute atomic E-state index is 12.2. The summed E-state index contributed by atoms with van der Waals surface area (Å²) in [5.41, 5.74) is 1.24. The number of fused-ring (bicyclic) bond motifs is 1. The standard InChI is InChI=1S/C18H13ClN2O3/c1-24-18(23)12-7-8-13-15(10-12)20-16(21-17(13)22)14(19)9-11-5-3-2-4-6-11/h2-10H,1H3,(H,20,21,22)/b14-9-. The van der Waals surface area contributed by atoms with Gasteiger partial charge in [-0.25, -0.2) is 9.78 Å². The third kappa shape index (κ3) is 3.21. The molecule has 1 heterocycles. The van der Waals surface area contributed by atoms with Crippen LogP contribution < -0.4 is 5.56 Å². The van der Waals surface area contributed by atoms with Gasteiger partial charge in [-0.1, -0.05) is 41.9 Å². The Morgan fingerprint density at radius 3 is 2.67 bits per heavy atom. The van der Waals surface area contributed by atoms with Gasteiger partial charge in [0.15, 0.2) is 5.82 Å². The Morgan fingerprint density at radius 2 is 1.96 bits per heavy atom. The predicted molar refractivity (Wildman–Crippen MR) is 93.9 cm³/mol. The van der Waals surface area contributed by atoms with E-state index in [9.17, 15) is 9.59 Å². The second-order valence-electron chi connectivity index (χ2n) is 5.04. The smallest absolute Gasteiger partial charge is 0.337 e. The molecule has 0 unspecified atom stereocenters. The number of nitrogens with zero attached hydrogens (tertiary/aromatic N) is 1. The van der Waals surface area contributed by atoms with E-state index in [-0.39, 0.29) is 11.4 Å². The Morgan fingerprint density at radius 1 is 1.21 bits per heavy atom. The van der Waals surface area contributed by atoms with E-state index >= 15 is 0 Å². The van der Waals surface area contributed by atoms with E-state index in [1.807, 2.05) is 30.3 Å². The van der Waals surface area contributed by atoms with Crippen molar-refractivity contribution in [1.29, 1.82) is 0 Å². The van der Waals surface area contributed by atoms with E-state index in [0.29, 0.717) is 21.5 Å². The Bertz CT molecular complexity index is 994. The molecule has 0 aliphatic rings. The third-order valence-corrected chi connectivity index (χ3v) is 3.73. The molecule has 0 spiro atoms. The predicted octanol–water partition coefficient (Wildman–Crippen LogP) is 3.45. The number of esters is 1. The van der Waals surface area contributed by atoms with Gasteiger partial charge in [0.05, 0.1) is 28.6 Å². The van der Waals surface area contributed by atoms with E-state index in [2.05, 4.69) is 14.7 Å². The lowest BCUT2D eigenvalue weighted by molar-refractivity contribution is 0.0601. The van der Waals surface area contributed by atoms with E-state index in [4.69, 9.17) is 11.6 Å². The average Bonchev–Trinajstić information content (AvgIpc) is 2.61. The van der Waals surface area contributed by atoms with Crippen LogP contribution in [0.3, 0.4) is 0 Å². The van der Waals surface area contributed by atoms with Gasteiger partial charge < -0.3 is 9.72 Å². The normalized spacial score (nSPS) is 11.5. The first-order valence-electron chi connectivity index (χ1n) is 7.13. The molecular formula is C18H13ClN2O3. The van der Waals surface area contributed by atoms with E-state index in [1.54, 1.807) is 6.08 Å². The number of aromatic nitrogens is 2. The molecule has 2 aromatic carbocycles. The van der Waals surface area contributed by atoms with Crippen molar-refractivity contribution in [2.24, 2.45) is 0 Å². The van der Waals surface area contributed by atoms with Gasteiger partial charge in [-0.2, -0.15) is 0 Å². The molecule has 0 saturated heterocycles. The summed E-state index contributed by atoms with van der Waals surface area (Å²) in [6.45, 7) is 0. The summed E-state index contributed by atoms with van der Waals surface area (Å²) in [4.78, 5) is 30.8. The van der Waals surface area contributed by atoms with Crippen LogP contribution in [0.4, 0.5) is 0 Å². The molecular weight excluding hydrogens is 328 g/mol. The van der Waals surface area contributed by atoms with E-state index in [0.717, 1.165) is 5.56 Å². The SMILES string of the molecule is COC(=O)c1ccc2c(=O)[nH]c(/C(Cl)=C/c3ccccc3)nc2c1. The fourth-order valence-electron chi connectivity index (χ4n) is 2.26. The molecule has 0 radical (unpaired) electrons. The van der Waals surface area contributed by atoms with Gasteiger partial charge in [0.25, 0.3) is 5.56 Å². The number of carbonyl (C=O) groups excluding carboxylic acids is 1. The molecule has 5 nitrogen and oxygen atoms in total. The first-order valence-corrected chi connectivity index (χ1v) is 7.51. The molecule has 24 heavy (non-hydrogen) atoms. The highest BCUT2D eigenvalue weighted by molar-refractivity contribution is 6.50. The molecule has 120 valence electrons. The van der Waals surface area contributed by atoms with Gasteiger partial charge in [-0.3, -0.25) is 4.79 Å². The molecule has 1 N–H and O–H groups in total. The van der Waals surface area contributed by atoms with Crippen LogP contribution in [-0.2, 0) is 4.74 Å². The van der Waals surface area contributed by atoms with Crippen molar-refractivity contribution in [3.05, 3.63) is 75.8 Å². The van der Waals surface area contributed by atoms with Crippen molar-refractivity contribution in [1.82, 2.24) is 9.97 Å². The molecule has 0 fully saturated rings. The van der Waals surface area contributed by atoms with Crippen LogP contribution >= 0.6 is 11.6 Å². The number of hydrogen-bond donors (Lipinski definition) is 1. The zero-order valence-corrected chi connectivity index (χ0v) is 13.5. The number of ether oxygens (including phenoxy) is 1. The Balaban J connectivity index is 2.10. The number of halogens is 1. The van der Waals surface area contributed by atoms with Crippen molar-refractivity contribution in [2.75, 3.05) is 7.11 Å². The quantitative estimate of drug-likeness (QED) is 0.741. The summed E-state index contributed by atoms with van der Waals surface area (Å²) in [5, 5.41) is 0.666. The van der Waals surface area contributed by atoms with Crippen molar-refractivity contribution in [2.45, 2.75) is 0 Å². The second-order valence-corrected chi connectivity index (χ2v) is 5.45. The number of H-pyrrole nitrogens is 1. The van der Waals surface area contributed by atoms with Gasteiger partial charge in [0, 0.05) is 0 Å². The molecule has 0 amide bonds. The average molecular weight is 341 g/mol. The zero-order chi connectivity index (χ0) is 17.1. The Kier molecular flexibility index (Phi) is 4.44. The maximum Gasteiger partial charge on any atom is 0.337 e. The van der Waals surface area contributed by atoms with Gasteiger partial charge in [-0.15, -0.1) is 0 Å². The number of rotatable bonds is 3. The minimum atomic E-state index is -0.494. The molecule has 0 atom stereocenters. The van der Waals surface area contributed by atoms with Crippen LogP contribution in [0.25, 0.3) is 22.0 Å². The highest BCUT2D eigenvalue weighted by Gasteiger charge is 2.11. The van der Waals surface area contributed by atoms with Gasteiger partial charge in [0.2, 0.25) is 0 Å². The summed E-state index contributed by atoms with van der Waals surface area (Å²) in [5.74, 6) is -0.258. The van der Waals surface area contributed by atoms with Gasteiger partial charge >= 0.3 is 5.97 Å². The fraction of sp³-hybridized carbons (Fsp3) is 0.0556. The van der Waals surface area contributed by atoms with Crippen LogP contribution in [0, 0.1) is 0 Å². The van der Waals surface area contributed by atoms with Crippen LogP contribution in [-0.4, -0.2) is 23.0 Å². The first kappa shape index (κ1) is 16.0. The van der Waals surface area contributed by atoms with Crippen molar-refractivity contribution >= 4 is 39.6 Å².